The lowest BCUT2D eigenvalue weighted by molar-refractivity contribution is -0.141. The van der Waals surface area contributed by atoms with Crippen LogP contribution in [0.4, 0.5) is 5.69 Å². The van der Waals surface area contributed by atoms with Gasteiger partial charge in [0.05, 0.1) is 18.6 Å². The number of anilines is 1. The highest BCUT2D eigenvalue weighted by atomic mass is 35.5. The second kappa shape index (κ2) is 15.3. The van der Waals surface area contributed by atoms with Crippen LogP contribution in [0.15, 0.2) is 42.5 Å². The summed E-state index contributed by atoms with van der Waals surface area (Å²) in [6.07, 6.45) is 2.59. The van der Waals surface area contributed by atoms with Crippen molar-refractivity contribution >= 4 is 50.7 Å². The van der Waals surface area contributed by atoms with Crippen LogP contribution in [0.1, 0.15) is 58.9 Å². The van der Waals surface area contributed by atoms with E-state index in [0.717, 1.165) is 12.7 Å². The number of hydrogen-bond donors (Lipinski definition) is 1. The van der Waals surface area contributed by atoms with Crippen LogP contribution in [0.5, 0.6) is 5.75 Å². The number of benzene rings is 2. The smallest absolute Gasteiger partial charge is 0.243 e. The van der Waals surface area contributed by atoms with Gasteiger partial charge in [0.1, 0.15) is 11.8 Å². The van der Waals surface area contributed by atoms with Crippen LogP contribution in [-0.4, -0.2) is 56.6 Å². The van der Waals surface area contributed by atoms with Gasteiger partial charge >= 0.3 is 0 Å². The van der Waals surface area contributed by atoms with E-state index >= 15 is 0 Å². The molecule has 2 aromatic rings. The second-order valence-corrected chi connectivity index (χ2v) is 12.1. The van der Waals surface area contributed by atoms with E-state index in [0.29, 0.717) is 40.1 Å². The first kappa shape index (κ1) is 32.7. The number of nitrogens with zero attached hydrogens (tertiary/aromatic N) is 2. The van der Waals surface area contributed by atoms with Crippen molar-refractivity contribution in [2.24, 2.45) is 0 Å². The molecule has 0 spiro atoms. The molecule has 0 fully saturated rings. The number of hydrogen-bond acceptors (Lipinski definition) is 5. The standard InChI is InChI=1S/C28H39Cl2N3O5S/c1-6-20(4)31-28(35)26(7-2)32(19-21-11-12-22(29)18-25(21)30)27(34)10-9-17-33(39(5,36)37)23-13-15-24(16-14-23)38-8-3/h11-16,18,20,26H,6-10,17,19H2,1-5H3,(H,31,35)/t20-,26+/m0/s1. The molecule has 216 valence electrons. The van der Waals surface area contributed by atoms with Crippen LogP contribution in [0.25, 0.3) is 0 Å². The first-order chi connectivity index (χ1) is 18.4. The van der Waals surface area contributed by atoms with E-state index in [1.54, 1.807) is 42.5 Å². The van der Waals surface area contributed by atoms with Gasteiger partial charge in [-0.3, -0.25) is 13.9 Å². The molecule has 0 aliphatic carbocycles. The molecule has 0 aromatic heterocycles. The quantitative estimate of drug-likeness (QED) is 0.285. The summed E-state index contributed by atoms with van der Waals surface area (Å²) in [5, 5.41) is 3.84. The van der Waals surface area contributed by atoms with Crippen molar-refractivity contribution in [2.75, 3.05) is 23.7 Å². The first-order valence-corrected chi connectivity index (χ1v) is 15.8. The number of nitrogens with one attached hydrogen (secondary N) is 1. The Morgan fingerprint density at radius 3 is 2.23 bits per heavy atom. The molecule has 2 atom stereocenters. The van der Waals surface area contributed by atoms with Gasteiger partial charge in [0.2, 0.25) is 21.8 Å². The average molecular weight is 601 g/mol. The molecule has 0 saturated heterocycles. The normalized spacial score (nSPS) is 12.9. The summed E-state index contributed by atoms with van der Waals surface area (Å²) in [7, 11) is -3.60. The fraction of sp³-hybridized carbons (Fsp3) is 0.500. The van der Waals surface area contributed by atoms with Gasteiger partial charge in [-0.25, -0.2) is 8.42 Å². The molecule has 8 nitrogen and oxygen atoms in total. The summed E-state index contributed by atoms with van der Waals surface area (Å²) in [5.74, 6) is 0.132. The lowest BCUT2D eigenvalue weighted by Crippen LogP contribution is -2.50. The van der Waals surface area contributed by atoms with Crippen LogP contribution in [0.3, 0.4) is 0 Å². The maximum atomic E-state index is 13.6. The maximum absolute atomic E-state index is 13.6. The third-order valence-corrected chi connectivity index (χ3v) is 8.11. The highest BCUT2D eigenvalue weighted by Crippen LogP contribution is 2.25. The Hall–Kier alpha value is -2.49. The number of ether oxygens (including phenoxy) is 1. The fourth-order valence-corrected chi connectivity index (χ4v) is 5.51. The van der Waals surface area contributed by atoms with E-state index in [1.165, 1.54) is 9.21 Å². The van der Waals surface area contributed by atoms with E-state index in [2.05, 4.69) is 5.32 Å². The van der Waals surface area contributed by atoms with Crippen LogP contribution in [-0.2, 0) is 26.2 Å². The number of carbonyl (C=O) groups excluding carboxylic acids is 2. The number of rotatable bonds is 15. The number of carbonyl (C=O) groups is 2. The number of halogens is 2. The number of amides is 2. The van der Waals surface area contributed by atoms with Crippen molar-refractivity contribution in [3.63, 3.8) is 0 Å². The summed E-state index contributed by atoms with van der Waals surface area (Å²) in [4.78, 5) is 28.2. The Bertz CT molecular complexity index is 1210. The van der Waals surface area contributed by atoms with Crippen molar-refractivity contribution in [1.29, 1.82) is 0 Å². The molecule has 0 saturated carbocycles. The Morgan fingerprint density at radius 2 is 1.69 bits per heavy atom. The van der Waals surface area contributed by atoms with Crippen LogP contribution in [0.2, 0.25) is 10.0 Å². The Kier molecular flexibility index (Phi) is 12.9. The van der Waals surface area contributed by atoms with Crippen LogP contribution >= 0.6 is 23.2 Å². The minimum absolute atomic E-state index is 0.0416. The lowest BCUT2D eigenvalue weighted by Gasteiger charge is -2.32. The minimum atomic E-state index is -3.60. The van der Waals surface area contributed by atoms with Crippen molar-refractivity contribution in [3.05, 3.63) is 58.1 Å². The lowest BCUT2D eigenvalue weighted by atomic mass is 10.1. The van der Waals surface area contributed by atoms with Gasteiger partial charge in [0, 0.05) is 35.6 Å². The summed E-state index contributed by atoms with van der Waals surface area (Å²) < 4.78 is 31.8. The zero-order chi connectivity index (χ0) is 29.2. The third-order valence-electron chi connectivity index (χ3n) is 6.33. The molecule has 0 aliphatic rings. The minimum Gasteiger partial charge on any atom is -0.494 e. The van der Waals surface area contributed by atoms with Gasteiger partial charge in [0.15, 0.2) is 0 Å². The molecule has 0 bridgehead atoms. The molecule has 11 heteroatoms. The molecule has 39 heavy (non-hydrogen) atoms. The Balaban J connectivity index is 2.25. The molecule has 1 N–H and O–H groups in total. The zero-order valence-corrected chi connectivity index (χ0v) is 25.6. The monoisotopic (exact) mass is 599 g/mol. The van der Waals surface area contributed by atoms with Gasteiger partial charge in [0.25, 0.3) is 0 Å². The van der Waals surface area contributed by atoms with Crippen LogP contribution in [0, 0.1) is 0 Å². The predicted octanol–water partition coefficient (Wildman–Crippen LogP) is 5.66. The van der Waals surface area contributed by atoms with E-state index in [1.807, 2.05) is 27.7 Å². The van der Waals surface area contributed by atoms with E-state index in [-0.39, 0.29) is 43.8 Å². The molecule has 0 radical (unpaired) electrons. The van der Waals surface area contributed by atoms with Crippen molar-refractivity contribution < 1.29 is 22.7 Å². The second-order valence-electron chi connectivity index (χ2n) is 9.36. The topological polar surface area (TPSA) is 96.0 Å². The highest BCUT2D eigenvalue weighted by molar-refractivity contribution is 7.92. The summed E-state index contributed by atoms with van der Waals surface area (Å²) in [5.41, 5.74) is 1.15. The Morgan fingerprint density at radius 1 is 1.03 bits per heavy atom. The van der Waals surface area contributed by atoms with E-state index in [4.69, 9.17) is 27.9 Å². The molecular formula is C28H39Cl2N3O5S. The Labute approximate surface area is 242 Å². The van der Waals surface area contributed by atoms with Crippen molar-refractivity contribution in [1.82, 2.24) is 10.2 Å². The summed E-state index contributed by atoms with van der Waals surface area (Å²) >= 11 is 12.5. The third kappa shape index (κ3) is 9.89. The molecule has 0 unspecified atom stereocenters. The summed E-state index contributed by atoms with van der Waals surface area (Å²) in [6.45, 7) is 8.33. The largest absolute Gasteiger partial charge is 0.494 e. The predicted molar refractivity (Wildman–Crippen MR) is 158 cm³/mol. The van der Waals surface area contributed by atoms with E-state index < -0.39 is 16.1 Å². The maximum Gasteiger partial charge on any atom is 0.243 e. The molecular weight excluding hydrogens is 561 g/mol. The fourth-order valence-electron chi connectivity index (χ4n) is 4.07. The van der Waals surface area contributed by atoms with Gasteiger partial charge in [-0.05, 0) is 75.1 Å². The SMILES string of the molecule is CCOc1ccc(N(CCCC(=O)N(Cc2ccc(Cl)cc2Cl)[C@H](CC)C(=O)N[C@@H](C)CC)S(C)(=O)=O)cc1. The molecule has 0 heterocycles. The molecule has 2 aromatic carbocycles. The van der Waals surface area contributed by atoms with Crippen molar-refractivity contribution in [2.45, 2.75) is 72.0 Å². The first-order valence-electron chi connectivity index (χ1n) is 13.2. The average Bonchev–Trinajstić information content (AvgIpc) is 2.87. The van der Waals surface area contributed by atoms with Crippen LogP contribution < -0.4 is 14.4 Å². The summed E-state index contributed by atoms with van der Waals surface area (Å²) in [6, 6.07) is 11.0. The molecule has 2 rings (SSSR count). The van der Waals surface area contributed by atoms with Gasteiger partial charge < -0.3 is 15.0 Å². The van der Waals surface area contributed by atoms with Crippen molar-refractivity contribution in [3.8, 4) is 5.75 Å². The molecule has 0 aliphatic heterocycles. The highest BCUT2D eigenvalue weighted by Gasteiger charge is 2.30. The van der Waals surface area contributed by atoms with Gasteiger partial charge in [-0.2, -0.15) is 0 Å². The van der Waals surface area contributed by atoms with Gasteiger partial charge in [-0.15, -0.1) is 0 Å². The van der Waals surface area contributed by atoms with E-state index in [9.17, 15) is 18.0 Å². The zero-order valence-electron chi connectivity index (χ0n) is 23.2. The van der Waals surface area contributed by atoms with Gasteiger partial charge in [-0.1, -0.05) is 43.1 Å². The number of sulfonamides is 1. The molecule has 2 amide bonds.